The van der Waals surface area contributed by atoms with Gasteiger partial charge in [-0.3, -0.25) is 0 Å². The van der Waals surface area contributed by atoms with Gasteiger partial charge in [0.15, 0.2) is 10.6 Å². The Balaban J connectivity index is 2.11. The molecule has 10 heteroatoms. The van der Waals surface area contributed by atoms with Crippen LogP contribution in [0.3, 0.4) is 0 Å². The zero-order chi connectivity index (χ0) is 18.5. The number of hydrogen-bond acceptors (Lipinski definition) is 6. The molecular formula is C16H11BrClN5OS2. The zero-order valence-electron chi connectivity index (χ0n) is 13.4. The number of methoxy groups -OCH3 is 1. The van der Waals surface area contributed by atoms with E-state index in [2.05, 4.69) is 30.9 Å². The van der Waals surface area contributed by atoms with Crippen molar-refractivity contribution in [1.82, 2.24) is 9.55 Å². The van der Waals surface area contributed by atoms with Crippen LogP contribution in [0.15, 0.2) is 49.1 Å². The van der Waals surface area contributed by atoms with Crippen molar-refractivity contribution >= 4 is 56.0 Å². The molecule has 0 fully saturated rings. The summed E-state index contributed by atoms with van der Waals surface area (Å²) < 4.78 is 8.20. The minimum Gasteiger partial charge on any atom is -0.496 e. The van der Waals surface area contributed by atoms with E-state index in [-0.39, 0.29) is 5.84 Å². The summed E-state index contributed by atoms with van der Waals surface area (Å²) in [5, 5.41) is 11.6. The average Bonchev–Trinajstić information content (AvgIpc) is 3.24. The molecular weight excluding hydrogens is 458 g/mol. The van der Waals surface area contributed by atoms with Crippen LogP contribution < -0.4 is 9.54 Å². The van der Waals surface area contributed by atoms with Gasteiger partial charge in [0.25, 0.3) is 0 Å². The molecule has 26 heavy (non-hydrogen) atoms. The lowest BCUT2D eigenvalue weighted by Crippen LogP contribution is -2.17. The number of benzene rings is 1. The van der Waals surface area contributed by atoms with E-state index in [0.29, 0.717) is 27.7 Å². The second-order valence-corrected chi connectivity index (χ2v) is 8.46. The highest BCUT2D eigenvalue weighted by molar-refractivity contribution is 9.11. The Morgan fingerprint density at radius 2 is 2.35 bits per heavy atom. The molecule has 0 aliphatic carbocycles. The zero-order valence-corrected chi connectivity index (χ0v) is 17.4. The van der Waals surface area contributed by atoms with Gasteiger partial charge in [0.05, 0.1) is 34.2 Å². The summed E-state index contributed by atoms with van der Waals surface area (Å²) >= 11 is 12.5. The highest BCUT2D eigenvalue weighted by Gasteiger charge is 2.12. The first kappa shape index (κ1) is 18.8. The highest BCUT2D eigenvalue weighted by Crippen LogP contribution is 2.24. The highest BCUT2D eigenvalue weighted by atomic mass is 79.9. The van der Waals surface area contributed by atoms with Gasteiger partial charge in [-0.1, -0.05) is 22.9 Å². The number of nitrogens with zero attached hydrogens (tertiary/aromatic N) is 5. The van der Waals surface area contributed by atoms with Crippen LogP contribution in [0.2, 0.25) is 5.02 Å². The third-order valence-corrected chi connectivity index (χ3v) is 5.64. The predicted octanol–water partition coefficient (Wildman–Crippen LogP) is 4.31. The van der Waals surface area contributed by atoms with Crippen molar-refractivity contribution < 1.29 is 4.74 Å². The van der Waals surface area contributed by atoms with Gasteiger partial charge < -0.3 is 9.30 Å². The fraction of sp³-hybridized carbons (Fsp3) is 0.125. The number of aromatic nitrogens is 2. The van der Waals surface area contributed by atoms with E-state index in [0.717, 1.165) is 9.48 Å². The Labute approximate surface area is 170 Å². The summed E-state index contributed by atoms with van der Waals surface area (Å²) in [7, 11) is 1.54. The van der Waals surface area contributed by atoms with Gasteiger partial charge in [0.2, 0.25) is 6.19 Å². The van der Waals surface area contributed by atoms with Gasteiger partial charge >= 0.3 is 0 Å². The van der Waals surface area contributed by atoms with Crippen molar-refractivity contribution in [2.75, 3.05) is 7.11 Å². The number of aliphatic imine (C=N–C) groups is 1. The predicted molar refractivity (Wildman–Crippen MR) is 107 cm³/mol. The topological polar surface area (TPSA) is 75.6 Å². The van der Waals surface area contributed by atoms with Crippen LogP contribution in [0, 0.1) is 11.5 Å². The molecule has 0 saturated carbocycles. The van der Waals surface area contributed by atoms with Crippen LogP contribution in [0.5, 0.6) is 5.75 Å². The summed E-state index contributed by atoms with van der Waals surface area (Å²) in [6, 6.07) is 5.10. The molecule has 0 unspecified atom stereocenters. The van der Waals surface area contributed by atoms with Gasteiger partial charge in [-0.15, -0.1) is 11.3 Å². The molecule has 3 rings (SSSR count). The summed E-state index contributed by atoms with van der Waals surface area (Å²) in [5.74, 6) is 0.766. The smallest absolute Gasteiger partial charge is 0.207 e. The molecule has 0 spiro atoms. The fourth-order valence-electron chi connectivity index (χ4n) is 2.18. The first-order chi connectivity index (χ1) is 12.6. The van der Waals surface area contributed by atoms with E-state index in [1.165, 1.54) is 22.7 Å². The van der Waals surface area contributed by atoms with Crippen molar-refractivity contribution in [2.24, 2.45) is 9.98 Å². The van der Waals surface area contributed by atoms with Crippen molar-refractivity contribution in [3.63, 3.8) is 0 Å². The van der Waals surface area contributed by atoms with E-state index in [1.807, 2.05) is 16.1 Å². The lowest BCUT2D eigenvalue weighted by molar-refractivity contribution is 0.414. The van der Waals surface area contributed by atoms with Gasteiger partial charge in [-0.05, 0) is 34.1 Å². The van der Waals surface area contributed by atoms with Crippen LogP contribution >= 0.6 is 50.2 Å². The quantitative estimate of drug-likeness (QED) is 0.325. The number of amidine groups is 1. The van der Waals surface area contributed by atoms with Crippen molar-refractivity contribution in [1.29, 1.82) is 5.26 Å². The minimum atomic E-state index is 0.230. The van der Waals surface area contributed by atoms with E-state index < -0.39 is 0 Å². The lowest BCUT2D eigenvalue weighted by atomic mass is 10.2. The molecule has 132 valence electrons. The molecule has 0 amide bonds. The van der Waals surface area contributed by atoms with Gasteiger partial charge in [-0.25, -0.2) is 4.98 Å². The van der Waals surface area contributed by atoms with Crippen LogP contribution in [0.4, 0.5) is 0 Å². The van der Waals surface area contributed by atoms with Gasteiger partial charge in [0, 0.05) is 16.6 Å². The maximum absolute atomic E-state index is 9.10. The SMILES string of the molecule is COc1ccc(Cl)cc1C(=NC#N)N=c1sc(Br)cn1Cc1cscn1. The summed E-state index contributed by atoms with van der Waals surface area (Å²) in [5.41, 5.74) is 3.26. The third-order valence-electron chi connectivity index (χ3n) is 3.27. The molecule has 0 aliphatic heterocycles. The minimum absolute atomic E-state index is 0.230. The number of hydrogen-bond donors (Lipinski definition) is 0. The molecule has 6 nitrogen and oxygen atoms in total. The summed E-state index contributed by atoms with van der Waals surface area (Å²) in [6.45, 7) is 0.566. The maximum Gasteiger partial charge on any atom is 0.207 e. The molecule has 3 aromatic rings. The first-order valence-electron chi connectivity index (χ1n) is 7.19. The second-order valence-electron chi connectivity index (χ2n) is 4.92. The molecule has 0 bridgehead atoms. The van der Waals surface area contributed by atoms with Crippen molar-refractivity contribution in [2.45, 2.75) is 6.54 Å². The van der Waals surface area contributed by atoms with Crippen molar-refractivity contribution in [3.8, 4) is 11.9 Å². The standard InChI is InChI=1S/C16H11BrClN5OS2/c1-24-13-3-2-10(18)4-12(13)15(20-8-19)22-16-23(6-14(17)26-16)5-11-7-25-9-21-11/h2-4,6-7,9H,5H2,1H3. The number of nitriles is 1. The average molecular weight is 469 g/mol. The number of halogens is 2. The van der Waals surface area contributed by atoms with Crippen molar-refractivity contribution in [3.05, 3.63) is 60.2 Å². The third kappa shape index (κ3) is 4.40. The molecule has 0 radical (unpaired) electrons. The Kier molecular flexibility index (Phi) is 6.21. The van der Waals surface area contributed by atoms with Gasteiger partial charge in [0.1, 0.15) is 5.75 Å². The molecule has 0 aliphatic rings. The van der Waals surface area contributed by atoms with Crippen LogP contribution in [0.1, 0.15) is 11.3 Å². The summed E-state index contributed by atoms with van der Waals surface area (Å²) in [6.07, 6.45) is 3.72. The van der Waals surface area contributed by atoms with E-state index in [1.54, 1.807) is 37.0 Å². The molecule has 2 heterocycles. The Morgan fingerprint density at radius 1 is 1.50 bits per heavy atom. The maximum atomic E-state index is 9.10. The van der Waals surface area contributed by atoms with Crippen LogP contribution in [-0.4, -0.2) is 22.5 Å². The Morgan fingerprint density at radius 3 is 3.04 bits per heavy atom. The van der Waals surface area contributed by atoms with E-state index >= 15 is 0 Å². The number of thiazole rings is 2. The van der Waals surface area contributed by atoms with Crippen LogP contribution in [0.25, 0.3) is 0 Å². The molecule has 0 atom stereocenters. The van der Waals surface area contributed by atoms with E-state index in [4.69, 9.17) is 21.6 Å². The normalized spacial score (nSPS) is 12.2. The number of rotatable bonds is 4. The van der Waals surface area contributed by atoms with Crippen LogP contribution in [-0.2, 0) is 6.54 Å². The molecule has 2 aromatic heterocycles. The van der Waals surface area contributed by atoms with E-state index in [9.17, 15) is 0 Å². The van der Waals surface area contributed by atoms with Gasteiger partial charge in [-0.2, -0.15) is 15.2 Å². The second kappa shape index (κ2) is 8.60. The first-order valence-corrected chi connectivity index (χ1v) is 10.1. The summed E-state index contributed by atoms with van der Waals surface area (Å²) in [4.78, 5) is 13.4. The Bertz CT molecular complexity index is 1050. The number of ether oxygens (including phenoxy) is 1. The largest absolute Gasteiger partial charge is 0.496 e. The Hall–Kier alpha value is -1.99. The molecule has 0 N–H and O–H groups in total. The lowest BCUT2D eigenvalue weighted by Gasteiger charge is -2.07. The monoisotopic (exact) mass is 467 g/mol. The molecule has 1 aromatic carbocycles. The molecule has 0 saturated heterocycles. The fourth-order valence-corrected chi connectivity index (χ4v) is 4.30.